The van der Waals surface area contributed by atoms with E-state index in [0.29, 0.717) is 32.4 Å². The minimum absolute atomic E-state index is 0.0685. The smallest absolute Gasteiger partial charge is 0.303 e. The van der Waals surface area contributed by atoms with Crippen molar-refractivity contribution in [3.05, 3.63) is 35.9 Å². The van der Waals surface area contributed by atoms with Gasteiger partial charge in [0.15, 0.2) is 0 Å². The molecule has 5 nitrogen and oxygen atoms in total. The number of rotatable bonds is 10. The van der Waals surface area contributed by atoms with Crippen LogP contribution in [0.4, 0.5) is 0 Å². The number of nitrogens with one attached hydrogen (secondary N) is 1. The Kier molecular flexibility index (Phi) is 8.12. The van der Waals surface area contributed by atoms with Gasteiger partial charge in [-0.15, -0.1) is 0 Å². The number of carbonyl (C=O) groups is 2. The number of benzene rings is 1. The Hall–Kier alpha value is -1.88. The Morgan fingerprint density at radius 2 is 1.86 bits per heavy atom. The van der Waals surface area contributed by atoms with Crippen LogP contribution in [-0.2, 0) is 14.3 Å². The summed E-state index contributed by atoms with van der Waals surface area (Å²) >= 11 is 0. The molecular formula is C16H23NO4. The summed E-state index contributed by atoms with van der Waals surface area (Å²) in [5.74, 6) is -0.892. The fourth-order valence-corrected chi connectivity index (χ4v) is 2.00. The second-order valence-corrected chi connectivity index (χ2v) is 4.76. The first kappa shape index (κ1) is 17.2. The van der Waals surface area contributed by atoms with Crippen molar-refractivity contribution in [1.29, 1.82) is 0 Å². The van der Waals surface area contributed by atoms with Crippen molar-refractivity contribution in [2.24, 2.45) is 0 Å². The average Bonchev–Trinajstić information content (AvgIpc) is 2.48. The normalized spacial score (nSPS) is 11.9. The van der Waals surface area contributed by atoms with Gasteiger partial charge in [-0.3, -0.25) is 9.59 Å². The molecule has 5 heteroatoms. The summed E-state index contributed by atoms with van der Waals surface area (Å²) in [6.45, 7) is 2.92. The van der Waals surface area contributed by atoms with Crippen LogP contribution in [0.2, 0.25) is 0 Å². The van der Waals surface area contributed by atoms with Gasteiger partial charge in [0.05, 0.1) is 6.10 Å². The second-order valence-electron chi connectivity index (χ2n) is 4.76. The van der Waals surface area contributed by atoms with E-state index in [-0.39, 0.29) is 18.4 Å². The number of carboxylic acids is 1. The molecule has 2 N–H and O–H groups in total. The molecule has 0 aromatic heterocycles. The molecule has 1 aromatic rings. The molecule has 0 spiro atoms. The van der Waals surface area contributed by atoms with E-state index in [1.54, 1.807) is 0 Å². The highest BCUT2D eigenvalue weighted by molar-refractivity contribution is 5.76. The fraction of sp³-hybridized carbons (Fsp3) is 0.500. The number of unbranched alkanes of at least 4 members (excludes halogenated alkanes) is 1. The zero-order chi connectivity index (χ0) is 15.5. The standard InChI is InChI=1S/C16H23NO4/c1-2-21-14(13-8-4-3-5-9-13)12-17-15(18)10-6-7-11-16(19)20/h3-5,8-9,14H,2,6-7,10-12H2,1H3,(H,17,18)(H,19,20). The molecule has 1 aromatic carbocycles. The minimum atomic E-state index is -0.823. The molecular weight excluding hydrogens is 270 g/mol. The van der Waals surface area contributed by atoms with Crippen LogP contribution in [-0.4, -0.2) is 30.1 Å². The Labute approximate surface area is 125 Å². The molecule has 0 radical (unpaired) electrons. The third-order valence-electron chi connectivity index (χ3n) is 3.07. The SMILES string of the molecule is CCOC(CNC(=O)CCCCC(=O)O)c1ccccc1. The van der Waals surface area contributed by atoms with E-state index in [9.17, 15) is 9.59 Å². The molecule has 1 amide bonds. The summed E-state index contributed by atoms with van der Waals surface area (Å²) in [6, 6.07) is 9.76. The zero-order valence-corrected chi connectivity index (χ0v) is 12.4. The van der Waals surface area contributed by atoms with Gasteiger partial charge >= 0.3 is 5.97 Å². The predicted octanol–water partition coefficient (Wildman–Crippen LogP) is 2.53. The second kappa shape index (κ2) is 9.94. The molecule has 1 unspecified atom stereocenters. The van der Waals surface area contributed by atoms with Gasteiger partial charge in [-0.1, -0.05) is 30.3 Å². The Morgan fingerprint density at radius 1 is 1.19 bits per heavy atom. The quantitative estimate of drug-likeness (QED) is 0.650. The van der Waals surface area contributed by atoms with Crippen molar-refractivity contribution in [1.82, 2.24) is 5.32 Å². The Bertz CT molecular complexity index is 433. The number of hydrogen-bond acceptors (Lipinski definition) is 3. The maximum Gasteiger partial charge on any atom is 0.303 e. The van der Waals surface area contributed by atoms with Crippen molar-refractivity contribution in [3.8, 4) is 0 Å². The van der Waals surface area contributed by atoms with E-state index in [1.807, 2.05) is 37.3 Å². The van der Waals surface area contributed by atoms with Gasteiger partial charge in [-0.2, -0.15) is 0 Å². The Balaban J connectivity index is 2.33. The lowest BCUT2D eigenvalue weighted by molar-refractivity contribution is -0.137. The van der Waals surface area contributed by atoms with Crippen LogP contribution in [0.15, 0.2) is 30.3 Å². The lowest BCUT2D eigenvalue weighted by atomic mass is 10.1. The number of ether oxygens (including phenoxy) is 1. The van der Waals surface area contributed by atoms with E-state index in [0.717, 1.165) is 5.56 Å². The van der Waals surface area contributed by atoms with Gasteiger partial charge in [0.2, 0.25) is 5.91 Å². The van der Waals surface area contributed by atoms with E-state index in [4.69, 9.17) is 9.84 Å². The van der Waals surface area contributed by atoms with Crippen molar-refractivity contribution < 1.29 is 19.4 Å². The molecule has 0 fully saturated rings. The third kappa shape index (κ3) is 7.46. The van der Waals surface area contributed by atoms with Crippen molar-refractivity contribution >= 4 is 11.9 Å². The number of carbonyl (C=O) groups excluding carboxylic acids is 1. The Morgan fingerprint density at radius 3 is 2.48 bits per heavy atom. The first-order valence-corrected chi connectivity index (χ1v) is 7.28. The molecule has 0 saturated heterocycles. The summed E-state index contributed by atoms with van der Waals surface area (Å²) in [6.07, 6.45) is 1.41. The topological polar surface area (TPSA) is 75.6 Å². The van der Waals surface area contributed by atoms with Crippen LogP contribution in [0.25, 0.3) is 0 Å². The molecule has 0 bridgehead atoms. The molecule has 21 heavy (non-hydrogen) atoms. The highest BCUT2D eigenvalue weighted by Gasteiger charge is 2.12. The van der Waals surface area contributed by atoms with Gasteiger partial charge < -0.3 is 15.2 Å². The molecule has 116 valence electrons. The lowest BCUT2D eigenvalue weighted by Gasteiger charge is -2.18. The third-order valence-corrected chi connectivity index (χ3v) is 3.07. The van der Waals surface area contributed by atoms with Crippen LogP contribution in [0.1, 0.15) is 44.3 Å². The summed E-state index contributed by atoms with van der Waals surface area (Å²) in [5, 5.41) is 11.4. The predicted molar refractivity (Wildman–Crippen MR) is 79.9 cm³/mol. The minimum Gasteiger partial charge on any atom is -0.481 e. The molecule has 1 atom stereocenters. The maximum absolute atomic E-state index is 11.7. The molecule has 0 aliphatic carbocycles. The van der Waals surface area contributed by atoms with Crippen molar-refractivity contribution in [2.75, 3.05) is 13.2 Å². The maximum atomic E-state index is 11.7. The zero-order valence-electron chi connectivity index (χ0n) is 12.4. The largest absolute Gasteiger partial charge is 0.481 e. The number of amides is 1. The van der Waals surface area contributed by atoms with Gasteiger partial charge in [0, 0.05) is 26.0 Å². The summed E-state index contributed by atoms with van der Waals surface area (Å²) in [5.41, 5.74) is 1.03. The van der Waals surface area contributed by atoms with E-state index in [2.05, 4.69) is 5.32 Å². The summed E-state index contributed by atoms with van der Waals surface area (Å²) in [7, 11) is 0. The summed E-state index contributed by atoms with van der Waals surface area (Å²) < 4.78 is 5.64. The first-order chi connectivity index (χ1) is 10.1. The van der Waals surface area contributed by atoms with Crippen LogP contribution in [0.5, 0.6) is 0 Å². The van der Waals surface area contributed by atoms with Crippen molar-refractivity contribution in [3.63, 3.8) is 0 Å². The highest BCUT2D eigenvalue weighted by atomic mass is 16.5. The van der Waals surface area contributed by atoms with Crippen molar-refractivity contribution in [2.45, 2.75) is 38.7 Å². The highest BCUT2D eigenvalue weighted by Crippen LogP contribution is 2.16. The number of carboxylic acid groups (broad SMARTS) is 1. The van der Waals surface area contributed by atoms with E-state index < -0.39 is 5.97 Å². The number of hydrogen-bond donors (Lipinski definition) is 2. The molecule has 0 saturated carbocycles. The molecule has 0 heterocycles. The van der Waals surface area contributed by atoms with Gasteiger partial charge in [-0.25, -0.2) is 0 Å². The van der Waals surface area contributed by atoms with Gasteiger partial charge in [0.1, 0.15) is 0 Å². The first-order valence-electron chi connectivity index (χ1n) is 7.28. The van der Waals surface area contributed by atoms with Crippen LogP contribution in [0, 0.1) is 0 Å². The summed E-state index contributed by atoms with van der Waals surface area (Å²) in [4.78, 5) is 22.1. The average molecular weight is 293 g/mol. The van der Waals surface area contributed by atoms with Gasteiger partial charge in [0.25, 0.3) is 0 Å². The van der Waals surface area contributed by atoms with E-state index in [1.165, 1.54) is 0 Å². The van der Waals surface area contributed by atoms with E-state index >= 15 is 0 Å². The molecule has 0 aliphatic heterocycles. The molecule has 0 aliphatic rings. The monoisotopic (exact) mass is 293 g/mol. The fourth-order valence-electron chi connectivity index (χ4n) is 2.00. The molecule has 1 rings (SSSR count). The number of aliphatic carboxylic acids is 1. The van der Waals surface area contributed by atoms with Crippen LogP contribution >= 0.6 is 0 Å². The van der Waals surface area contributed by atoms with Crippen LogP contribution < -0.4 is 5.32 Å². The van der Waals surface area contributed by atoms with Crippen LogP contribution in [0.3, 0.4) is 0 Å². The lowest BCUT2D eigenvalue weighted by Crippen LogP contribution is -2.29. The van der Waals surface area contributed by atoms with Gasteiger partial charge in [-0.05, 0) is 25.3 Å².